The van der Waals surface area contributed by atoms with E-state index in [1.807, 2.05) is 25.1 Å². The minimum absolute atomic E-state index is 0.0434. The molecule has 1 saturated heterocycles. The average Bonchev–Trinajstić information content (AvgIpc) is 3.09. The van der Waals surface area contributed by atoms with Gasteiger partial charge < -0.3 is 10.2 Å². The van der Waals surface area contributed by atoms with Gasteiger partial charge in [0.1, 0.15) is 23.1 Å². The molecular weight excluding hydrogens is 402 g/mol. The molecule has 0 radical (unpaired) electrons. The van der Waals surface area contributed by atoms with Gasteiger partial charge in [0.15, 0.2) is 0 Å². The Morgan fingerprint density at radius 1 is 1.16 bits per heavy atom. The molecule has 0 bridgehead atoms. The van der Waals surface area contributed by atoms with E-state index >= 15 is 0 Å². The minimum Gasteiger partial charge on any atom is -0.356 e. The number of aryl methyl sites for hydroxylation is 1. The minimum atomic E-state index is -0.407. The van der Waals surface area contributed by atoms with Gasteiger partial charge in [0, 0.05) is 25.3 Å². The third-order valence-electron chi connectivity index (χ3n) is 6.56. The van der Waals surface area contributed by atoms with E-state index in [2.05, 4.69) is 10.2 Å². The number of fused-ring (bicyclic) bond motifs is 1. The summed E-state index contributed by atoms with van der Waals surface area (Å²) < 4.78 is 1.51. The molecule has 3 heterocycles. The largest absolute Gasteiger partial charge is 0.356 e. The summed E-state index contributed by atoms with van der Waals surface area (Å²) in [4.78, 5) is 33.4. The van der Waals surface area contributed by atoms with Crippen molar-refractivity contribution in [2.45, 2.75) is 70.8 Å². The molecule has 0 unspecified atom stereocenters. The van der Waals surface area contributed by atoms with Crippen LogP contribution >= 0.6 is 0 Å². The smallest absolute Gasteiger partial charge is 0.267 e. The average molecular weight is 434 g/mol. The highest BCUT2D eigenvalue weighted by atomic mass is 16.2. The number of nitrogens with zero attached hydrogens (tertiary/aromatic N) is 4. The number of hydrogen-bond acceptors (Lipinski definition) is 5. The van der Waals surface area contributed by atoms with Crippen LogP contribution in [-0.2, 0) is 4.79 Å². The zero-order valence-corrected chi connectivity index (χ0v) is 18.8. The lowest BCUT2D eigenvalue weighted by molar-refractivity contribution is -0.117. The summed E-state index contributed by atoms with van der Waals surface area (Å²) in [7, 11) is 0. The van der Waals surface area contributed by atoms with Gasteiger partial charge in [-0.15, -0.1) is 0 Å². The van der Waals surface area contributed by atoms with Crippen LogP contribution in [0.15, 0.2) is 28.7 Å². The van der Waals surface area contributed by atoms with E-state index in [1.54, 1.807) is 6.20 Å². The summed E-state index contributed by atoms with van der Waals surface area (Å²) in [6, 6.07) is 5.86. The van der Waals surface area contributed by atoms with E-state index in [0.717, 1.165) is 70.0 Å². The number of amides is 1. The normalized spacial score (nSPS) is 18.2. The lowest BCUT2D eigenvalue weighted by Crippen LogP contribution is -2.37. The van der Waals surface area contributed by atoms with Crippen molar-refractivity contribution < 1.29 is 4.79 Å². The van der Waals surface area contributed by atoms with Gasteiger partial charge in [-0.2, -0.15) is 5.26 Å². The molecule has 7 heteroatoms. The van der Waals surface area contributed by atoms with Crippen LogP contribution in [0.5, 0.6) is 0 Å². The highest BCUT2D eigenvalue weighted by molar-refractivity contribution is 6.02. The predicted octanol–water partition coefficient (Wildman–Crippen LogP) is 3.74. The van der Waals surface area contributed by atoms with Gasteiger partial charge in [0.25, 0.3) is 11.5 Å². The monoisotopic (exact) mass is 433 g/mol. The van der Waals surface area contributed by atoms with Gasteiger partial charge >= 0.3 is 0 Å². The highest BCUT2D eigenvalue weighted by Gasteiger charge is 2.22. The fraction of sp³-hybridized carbons (Fsp3) is 0.520. The molecule has 0 aromatic carbocycles. The Kier molecular flexibility index (Phi) is 6.89. The maximum absolute atomic E-state index is 13.5. The first-order chi connectivity index (χ1) is 15.6. The van der Waals surface area contributed by atoms with E-state index in [-0.39, 0.29) is 17.2 Å². The summed E-state index contributed by atoms with van der Waals surface area (Å²) in [5, 5.41) is 12.8. The van der Waals surface area contributed by atoms with Crippen LogP contribution in [0.25, 0.3) is 11.7 Å². The molecule has 2 fully saturated rings. The Morgan fingerprint density at radius 3 is 2.53 bits per heavy atom. The van der Waals surface area contributed by atoms with E-state index < -0.39 is 5.91 Å². The van der Waals surface area contributed by atoms with Crippen LogP contribution in [0.1, 0.15) is 68.9 Å². The second kappa shape index (κ2) is 9.99. The molecule has 2 aromatic rings. The van der Waals surface area contributed by atoms with Gasteiger partial charge in [-0.1, -0.05) is 38.2 Å². The third-order valence-corrected chi connectivity index (χ3v) is 6.56. The van der Waals surface area contributed by atoms with Gasteiger partial charge in [-0.25, -0.2) is 4.98 Å². The first-order valence-electron chi connectivity index (χ1n) is 11.8. The zero-order valence-electron chi connectivity index (χ0n) is 18.8. The summed E-state index contributed by atoms with van der Waals surface area (Å²) in [5.41, 5.74) is 1.53. The number of carbonyl (C=O) groups excluding carboxylic acids is 1. The Balaban J connectivity index is 1.79. The van der Waals surface area contributed by atoms with Gasteiger partial charge in [0.2, 0.25) is 0 Å². The maximum Gasteiger partial charge on any atom is 0.267 e. The van der Waals surface area contributed by atoms with Crippen LogP contribution in [0.3, 0.4) is 0 Å². The molecule has 168 valence electrons. The lowest BCUT2D eigenvalue weighted by Gasteiger charge is -2.24. The third kappa shape index (κ3) is 4.69. The van der Waals surface area contributed by atoms with Gasteiger partial charge in [-0.05, 0) is 50.3 Å². The quantitative estimate of drug-likeness (QED) is 0.586. The maximum atomic E-state index is 13.5. The lowest BCUT2D eigenvalue weighted by atomic mass is 9.95. The number of rotatable bonds is 4. The molecule has 1 aliphatic carbocycles. The van der Waals surface area contributed by atoms with Crippen LogP contribution in [0, 0.1) is 18.3 Å². The fourth-order valence-corrected chi connectivity index (χ4v) is 4.75. The molecule has 2 aromatic heterocycles. The number of nitrogens with one attached hydrogen (secondary N) is 1. The van der Waals surface area contributed by atoms with Crippen molar-refractivity contribution in [2.75, 3.05) is 18.0 Å². The summed E-state index contributed by atoms with van der Waals surface area (Å²) >= 11 is 0. The highest BCUT2D eigenvalue weighted by Crippen LogP contribution is 2.24. The van der Waals surface area contributed by atoms with E-state index in [1.165, 1.54) is 16.9 Å². The first kappa shape index (κ1) is 22.1. The van der Waals surface area contributed by atoms with Crippen LogP contribution in [0.4, 0.5) is 5.82 Å². The molecule has 1 saturated carbocycles. The summed E-state index contributed by atoms with van der Waals surface area (Å²) in [5.74, 6) is 0.166. The Morgan fingerprint density at radius 2 is 1.84 bits per heavy atom. The number of hydrogen-bond donors (Lipinski definition) is 1. The number of nitriles is 1. The topological polar surface area (TPSA) is 90.5 Å². The van der Waals surface area contributed by atoms with Crippen LogP contribution < -0.4 is 15.8 Å². The molecular formula is C25H31N5O2. The number of carbonyl (C=O) groups is 1. The molecule has 1 aliphatic heterocycles. The fourth-order valence-electron chi connectivity index (χ4n) is 4.75. The van der Waals surface area contributed by atoms with E-state index in [9.17, 15) is 14.9 Å². The standard InChI is InChI=1S/C25H31N5O2/c1-18-10-9-15-30-22(18)28-23(29-13-7-2-3-8-14-29)21(25(30)32)16-19(17-26)24(31)27-20-11-5-4-6-12-20/h9-10,15-16,20H,2-8,11-14H2,1H3,(H,27,31)/b19-16+. The molecule has 1 amide bonds. The summed E-state index contributed by atoms with van der Waals surface area (Å²) in [6.07, 6.45) is 12.7. The Labute approximate surface area is 188 Å². The number of aromatic nitrogens is 2. The molecule has 0 atom stereocenters. The molecule has 2 aliphatic rings. The van der Waals surface area contributed by atoms with Crippen molar-refractivity contribution in [2.24, 2.45) is 0 Å². The second-order valence-corrected chi connectivity index (χ2v) is 8.92. The molecule has 0 spiro atoms. The second-order valence-electron chi connectivity index (χ2n) is 8.92. The van der Waals surface area contributed by atoms with Crippen LogP contribution in [0.2, 0.25) is 0 Å². The molecule has 1 N–H and O–H groups in total. The van der Waals surface area contributed by atoms with E-state index in [0.29, 0.717) is 17.0 Å². The van der Waals surface area contributed by atoms with Gasteiger partial charge in [0.05, 0.1) is 5.56 Å². The molecule has 32 heavy (non-hydrogen) atoms. The molecule has 4 rings (SSSR count). The van der Waals surface area contributed by atoms with Crippen molar-refractivity contribution in [3.63, 3.8) is 0 Å². The molecule has 7 nitrogen and oxygen atoms in total. The van der Waals surface area contributed by atoms with Crippen molar-refractivity contribution in [3.8, 4) is 6.07 Å². The van der Waals surface area contributed by atoms with Crippen molar-refractivity contribution in [3.05, 3.63) is 45.4 Å². The number of anilines is 1. The Bertz CT molecular complexity index is 1110. The predicted molar refractivity (Wildman–Crippen MR) is 125 cm³/mol. The first-order valence-corrected chi connectivity index (χ1v) is 11.8. The van der Waals surface area contributed by atoms with Crippen molar-refractivity contribution in [1.29, 1.82) is 5.26 Å². The van der Waals surface area contributed by atoms with Crippen LogP contribution in [-0.4, -0.2) is 34.4 Å². The van der Waals surface area contributed by atoms with Crippen molar-refractivity contribution >= 4 is 23.4 Å². The SMILES string of the molecule is Cc1cccn2c(=O)c(/C=C(\C#N)C(=O)NC3CCCCC3)c(N3CCCCCC3)nc12. The number of pyridine rings is 1. The van der Waals surface area contributed by atoms with Gasteiger partial charge in [-0.3, -0.25) is 14.0 Å². The zero-order chi connectivity index (χ0) is 22.5. The Hall–Kier alpha value is -3.14. The van der Waals surface area contributed by atoms with Crippen molar-refractivity contribution in [1.82, 2.24) is 14.7 Å². The summed E-state index contributed by atoms with van der Waals surface area (Å²) in [6.45, 7) is 3.55. The van der Waals surface area contributed by atoms with E-state index in [4.69, 9.17) is 4.98 Å².